The van der Waals surface area contributed by atoms with Crippen molar-refractivity contribution in [2.75, 3.05) is 5.32 Å². The topological polar surface area (TPSA) is 34.1 Å². The highest BCUT2D eigenvalue weighted by Gasteiger charge is 2.10. The number of nitrogens with one attached hydrogen (secondary N) is 1. The van der Waals surface area contributed by atoms with Gasteiger partial charge in [-0.25, -0.2) is 4.98 Å². The Morgan fingerprint density at radius 1 is 1.29 bits per heavy atom. The Kier molecular flexibility index (Phi) is 5.12. The number of hydrogen-bond acceptors (Lipinski definition) is 3. The van der Waals surface area contributed by atoms with Crippen LogP contribution in [0.4, 0.5) is 14.5 Å². The number of hydrogen-bond donors (Lipinski definition) is 1. The summed E-state index contributed by atoms with van der Waals surface area (Å²) in [6.45, 7) is 1.07. The number of nitrogens with zero attached hydrogens (tertiary/aromatic N) is 1. The molecule has 21 heavy (non-hydrogen) atoms. The van der Waals surface area contributed by atoms with Gasteiger partial charge in [0.15, 0.2) is 0 Å². The van der Waals surface area contributed by atoms with Gasteiger partial charge in [-0.3, -0.25) is 0 Å². The largest absolute Gasteiger partial charge is 0.435 e. The van der Waals surface area contributed by atoms with Gasteiger partial charge in [-0.2, -0.15) is 8.78 Å². The summed E-state index contributed by atoms with van der Waals surface area (Å²) >= 11 is 3.35. The Morgan fingerprint density at radius 2 is 2.05 bits per heavy atom. The van der Waals surface area contributed by atoms with Crippen molar-refractivity contribution in [2.45, 2.75) is 26.5 Å². The van der Waals surface area contributed by atoms with Crippen LogP contribution in [0.1, 0.15) is 24.1 Å². The van der Waals surface area contributed by atoms with Crippen molar-refractivity contribution in [3.63, 3.8) is 0 Å². The Balaban J connectivity index is 2.12. The molecular formula is C15H15BrF2N2O. The average molecular weight is 357 g/mol. The first kappa shape index (κ1) is 15.7. The third-order valence-electron chi connectivity index (χ3n) is 2.98. The summed E-state index contributed by atoms with van der Waals surface area (Å²) in [7, 11) is 0. The van der Waals surface area contributed by atoms with Gasteiger partial charge >= 0.3 is 6.61 Å². The second kappa shape index (κ2) is 6.85. The molecule has 0 aliphatic heterocycles. The molecule has 1 heterocycles. The van der Waals surface area contributed by atoms with Gasteiger partial charge in [0.2, 0.25) is 0 Å². The van der Waals surface area contributed by atoms with Gasteiger partial charge in [0.05, 0.1) is 11.9 Å². The molecule has 0 radical (unpaired) electrons. The number of alkyl halides is 2. The number of anilines is 1. The van der Waals surface area contributed by atoms with Crippen LogP contribution in [0.25, 0.3) is 0 Å². The fourth-order valence-electron chi connectivity index (χ4n) is 1.93. The van der Waals surface area contributed by atoms with Gasteiger partial charge in [0, 0.05) is 6.04 Å². The van der Waals surface area contributed by atoms with E-state index in [1.54, 1.807) is 18.3 Å². The van der Waals surface area contributed by atoms with E-state index in [1.165, 1.54) is 6.07 Å². The van der Waals surface area contributed by atoms with Gasteiger partial charge in [0.25, 0.3) is 0 Å². The van der Waals surface area contributed by atoms with Crippen LogP contribution < -0.4 is 10.1 Å². The second-order valence-corrected chi connectivity index (χ2v) is 5.40. The molecule has 1 atom stereocenters. The lowest BCUT2D eigenvalue weighted by atomic mass is 10.1. The fraction of sp³-hybridized carbons (Fsp3) is 0.267. The van der Waals surface area contributed by atoms with E-state index in [4.69, 9.17) is 0 Å². The number of rotatable bonds is 5. The van der Waals surface area contributed by atoms with Crippen molar-refractivity contribution in [3.8, 4) is 5.75 Å². The van der Waals surface area contributed by atoms with Crippen LogP contribution in [0, 0.1) is 6.92 Å². The lowest BCUT2D eigenvalue weighted by Crippen LogP contribution is -2.08. The number of aryl methyl sites for hydroxylation is 1. The van der Waals surface area contributed by atoms with Gasteiger partial charge in [-0.15, -0.1) is 0 Å². The van der Waals surface area contributed by atoms with E-state index in [0.29, 0.717) is 0 Å². The quantitative estimate of drug-likeness (QED) is 0.771. The van der Waals surface area contributed by atoms with E-state index in [-0.39, 0.29) is 11.8 Å². The van der Waals surface area contributed by atoms with Crippen LogP contribution in [0.3, 0.4) is 0 Å². The van der Waals surface area contributed by atoms with Crippen LogP contribution in [-0.4, -0.2) is 11.6 Å². The summed E-state index contributed by atoms with van der Waals surface area (Å²) < 4.78 is 29.7. The van der Waals surface area contributed by atoms with Gasteiger partial charge < -0.3 is 10.1 Å². The van der Waals surface area contributed by atoms with Crippen LogP contribution >= 0.6 is 15.9 Å². The molecule has 0 saturated carbocycles. The van der Waals surface area contributed by atoms with Gasteiger partial charge in [-0.05, 0) is 59.1 Å². The first-order valence-corrected chi connectivity index (χ1v) is 7.18. The molecule has 1 aromatic carbocycles. The highest BCUT2D eigenvalue weighted by atomic mass is 79.9. The lowest BCUT2D eigenvalue weighted by Gasteiger charge is -2.17. The lowest BCUT2D eigenvalue weighted by molar-refractivity contribution is -0.0498. The predicted octanol–water partition coefficient (Wildman–Crippen LogP) is 4.93. The first-order chi connectivity index (χ1) is 9.95. The van der Waals surface area contributed by atoms with Crippen LogP contribution in [-0.2, 0) is 0 Å². The molecule has 2 aromatic rings. The number of ether oxygens (including phenoxy) is 1. The van der Waals surface area contributed by atoms with Crippen molar-refractivity contribution >= 4 is 21.6 Å². The number of pyridine rings is 1. The predicted molar refractivity (Wildman–Crippen MR) is 81.8 cm³/mol. The summed E-state index contributed by atoms with van der Waals surface area (Å²) in [5.74, 6) is 0.154. The van der Waals surface area contributed by atoms with Crippen LogP contribution in [0.15, 0.2) is 41.1 Å². The standard InChI is InChI=1S/C15H15BrF2N2O/c1-9-6-12(8-19-14(9)16)20-10(2)11-4-3-5-13(7-11)21-15(17)18/h3-8,10,15,20H,1-2H3. The van der Waals surface area contributed by atoms with E-state index < -0.39 is 6.61 Å². The third kappa shape index (κ3) is 4.39. The minimum atomic E-state index is -2.82. The Hall–Kier alpha value is -1.69. The molecule has 1 unspecified atom stereocenters. The molecular weight excluding hydrogens is 342 g/mol. The van der Waals surface area contributed by atoms with Crippen LogP contribution in [0.5, 0.6) is 5.75 Å². The third-order valence-corrected chi connectivity index (χ3v) is 3.81. The maximum absolute atomic E-state index is 12.2. The van der Waals surface area contributed by atoms with E-state index in [9.17, 15) is 8.78 Å². The van der Waals surface area contributed by atoms with Gasteiger partial charge in [-0.1, -0.05) is 12.1 Å². The van der Waals surface area contributed by atoms with Crippen molar-refractivity contribution in [3.05, 3.63) is 52.3 Å². The molecule has 3 nitrogen and oxygen atoms in total. The molecule has 2 rings (SSSR count). The molecule has 0 amide bonds. The number of benzene rings is 1. The molecule has 0 aliphatic carbocycles. The molecule has 1 aromatic heterocycles. The van der Waals surface area contributed by atoms with E-state index in [2.05, 4.69) is 31.0 Å². The Morgan fingerprint density at radius 3 is 2.71 bits per heavy atom. The van der Waals surface area contributed by atoms with Gasteiger partial charge in [0.1, 0.15) is 10.4 Å². The SMILES string of the molecule is Cc1cc(NC(C)c2cccc(OC(F)F)c2)cnc1Br. The minimum absolute atomic E-state index is 0.0615. The monoisotopic (exact) mass is 356 g/mol. The molecule has 6 heteroatoms. The Bertz CT molecular complexity index is 622. The van der Waals surface area contributed by atoms with Crippen LogP contribution in [0.2, 0.25) is 0 Å². The second-order valence-electron chi connectivity index (χ2n) is 4.65. The van der Waals surface area contributed by atoms with Crippen molar-refractivity contribution in [2.24, 2.45) is 0 Å². The summed E-state index contributed by atoms with van der Waals surface area (Å²) in [5.41, 5.74) is 2.74. The smallest absolute Gasteiger partial charge is 0.387 e. The number of halogens is 3. The summed E-state index contributed by atoms with van der Waals surface area (Å²) in [6.07, 6.45) is 1.72. The fourth-order valence-corrected chi connectivity index (χ4v) is 2.15. The molecule has 0 spiro atoms. The highest BCUT2D eigenvalue weighted by Crippen LogP contribution is 2.25. The minimum Gasteiger partial charge on any atom is -0.435 e. The van der Waals surface area contributed by atoms with E-state index in [0.717, 1.165) is 21.4 Å². The normalized spacial score (nSPS) is 12.3. The molecule has 1 N–H and O–H groups in total. The zero-order valence-electron chi connectivity index (χ0n) is 11.6. The number of aromatic nitrogens is 1. The first-order valence-electron chi connectivity index (χ1n) is 6.39. The van der Waals surface area contributed by atoms with E-state index >= 15 is 0 Å². The molecule has 0 aliphatic rings. The highest BCUT2D eigenvalue weighted by molar-refractivity contribution is 9.10. The summed E-state index contributed by atoms with van der Waals surface area (Å²) in [5, 5.41) is 3.28. The Labute approximate surface area is 130 Å². The molecule has 0 fully saturated rings. The van der Waals surface area contributed by atoms with Crippen molar-refractivity contribution in [1.82, 2.24) is 4.98 Å². The van der Waals surface area contributed by atoms with E-state index in [1.807, 2.05) is 26.0 Å². The van der Waals surface area contributed by atoms with Crippen molar-refractivity contribution in [1.29, 1.82) is 0 Å². The molecule has 0 saturated heterocycles. The summed E-state index contributed by atoms with van der Waals surface area (Å²) in [6, 6.07) is 8.56. The average Bonchev–Trinajstić information content (AvgIpc) is 2.42. The van der Waals surface area contributed by atoms with Crippen molar-refractivity contribution < 1.29 is 13.5 Å². The zero-order valence-corrected chi connectivity index (χ0v) is 13.2. The summed E-state index contributed by atoms with van der Waals surface area (Å²) in [4.78, 5) is 4.21. The zero-order chi connectivity index (χ0) is 15.4. The molecule has 0 bridgehead atoms. The molecule has 112 valence electrons. The maximum Gasteiger partial charge on any atom is 0.387 e. The maximum atomic E-state index is 12.2.